The third kappa shape index (κ3) is 12.8. The van der Waals surface area contributed by atoms with Crippen LogP contribution in [0, 0.1) is 60.7 Å². The largest absolute Gasteiger partial charge is 0.497 e. The minimum Gasteiger partial charge on any atom is -0.497 e. The van der Waals surface area contributed by atoms with Crippen LogP contribution in [-0.4, -0.2) is 82.0 Å². The first kappa shape index (κ1) is 47.4. The molecule has 0 aliphatic carbocycles. The monoisotopic (exact) mass is 870 g/mol. The second-order valence-corrected chi connectivity index (χ2v) is 13.9. The van der Waals surface area contributed by atoms with Gasteiger partial charge in [-0.15, -0.1) is 0 Å². The van der Waals surface area contributed by atoms with Crippen LogP contribution in [0.25, 0.3) is 0 Å². The summed E-state index contributed by atoms with van der Waals surface area (Å²) in [7, 11) is 0. The Hall–Kier alpha value is -8.31. The van der Waals surface area contributed by atoms with E-state index in [1.165, 1.54) is 23.0 Å². The normalized spacial score (nSPS) is 13.0. The molecule has 0 unspecified atom stereocenters. The first-order valence-electron chi connectivity index (χ1n) is 18.6. The third-order valence-electron chi connectivity index (χ3n) is 9.87. The smallest absolute Gasteiger partial charge is 0.324 e. The Labute approximate surface area is 356 Å². The van der Waals surface area contributed by atoms with Gasteiger partial charge in [0.1, 0.15) is 6.29 Å². The van der Waals surface area contributed by atoms with Gasteiger partial charge in [0.15, 0.2) is 0 Å². The summed E-state index contributed by atoms with van der Waals surface area (Å²) in [4.78, 5) is 72.6. The van der Waals surface area contributed by atoms with Crippen LogP contribution >= 0.6 is 0 Å². The molecule has 0 amide bonds. The number of carbonyl (C=O) groups is 1. The Kier molecular flexibility index (Phi) is 16.4. The number of aldehydes is 1. The lowest BCUT2D eigenvalue weighted by molar-refractivity contribution is -0.404. The lowest BCUT2D eigenvalue weighted by Gasteiger charge is -2.39. The average Bonchev–Trinajstić information content (AvgIpc) is 3.26. The lowest BCUT2D eigenvalue weighted by atomic mass is 9.74. The summed E-state index contributed by atoms with van der Waals surface area (Å²) in [6.45, 7) is 5.89. The Morgan fingerprint density at radius 2 is 0.873 bits per heavy atom. The minimum absolute atomic E-state index is 0.314. The second kappa shape index (κ2) is 21.8. The van der Waals surface area contributed by atoms with E-state index in [0.29, 0.717) is 24.3 Å². The zero-order valence-electron chi connectivity index (χ0n) is 33.0. The van der Waals surface area contributed by atoms with Gasteiger partial charge in [-0.1, -0.05) is 91.0 Å². The highest BCUT2D eigenvalue weighted by atomic mass is 16.7. The second-order valence-electron chi connectivity index (χ2n) is 13.9. The van der Waals surface area contributed by atoms with Crippen molar-refractivity contribution in [2.75, 3.05) is 26.2 Å². The van der Waals surface area contributed by atoms with Crippen LogP contribution in [-0.2, 0) is 23.3 Å². The summed E-state index contributed by atoms with van der Waals surface area (Å²) in [5.41, 5.74) is -2.45. The summed E-state index contributed by atoms with van der Waals surface area (Å²) in [6.07, 6.45) is 2.99. The molecule has 1 aliphatic heterocycles. The predicted octanol–water partition coefficient (Wildman–Crippen LogP) is 7.16. The first-order valence-corrected chi connectivity index (χ1v) is 18.6. The quantitative estimate of drug-likeness (QED) is 0.0598. The molecule has 0 saturated carbocycles. The number of benzene rings is 5. The standard InChI is InChI=1S/C28H32N2O.2C6H3N3O7/c31-24-28(27-14-8-3-9-15-27)16-18-29(19-17-28)20-21-30(22-25-10-4-1-5-11-25)23-26-12-6-2-7-13-26;2*10-6-4(8(13)14)1-3(7(11)12)2-5(6)9(15)16/h1-15,24H,16-23H2;2*1-2,10H. The molecule has 0 spiro atoms. The van der Waals surface area contributed by atoms with Gasteiger partial charge in [-0.05, 0) is 42.6 Å². The molecule has 5 aromatic rings. The Morgan fingerprint density at radius 3 is 1.17 bits per heavy atom. The summed E-state index contributed by atoms with van der Waals surface area (Å²) in [5, 5.41) is 80.4. The fraction of sp³-hybridized carbons (Fsp3) is 0.225. The van der Waals surface area contributed by atoms with Gasteiger partial charge in [-0.25, -0.2) is 0 Å². The molecule has 1 fully saturated rings. The number of nitro groups is 6. The Bertz CT molecular complexity index is 2250. The van der Waals surface area contributed by atoms with Crippen LogP contribution in [0.2, 0.25) is 0 Å². The van der Waals surface area contributed by atoms with Crippen molar-refractivity contribution < 1.29 is 44.5 Å². The van der Waals surface area contributed by atoms with Crippen LogP contribution in [0.15, 0.2) is 115 Å². The number of phenolic OH excluding ortho intramolecular Hbond substituents is 2. The van der Waals surface area contributed by atoms with E-state index in [9.17, 15) is 65.5 Å². The average molecular weight is 871 g/mol. The van der Waals surface area contributed by atoms with Gasteiger partial charge in [-0.2, -0.15) is 0 Å². The number of hydrogen-bond acceptors (Lipinski definition) is 17. The van der Waals surface area contributed by atoms with Crippen LogP contribution in [0.1, 0.15) is 29.5 Å². The number of nitrogens with zero attached hydrogens (tertiary/aromatic N) is 8. The van der Waals surface area contributed by atoms with E-state index in [1.807, 2.05) is 18.2 Å². The topological polar surface area (TPSA) is 323 Å². The van der Waals surface area contributed by atoms with Gasteiger partial charge in [0.2, 0.25) is 0 Å². The maximum Gasteiger partial charge on any atom is 0.324 e. The van der Waals surface area contributed by atoms with E-state index in [2.05, 4.69) is 82.6 Å². The SMILES string of the molecule is O=CC1(c2ccccc2)CCN(CCN(Cc2ccccc2)Cc2ccccc2)CC1.O=[N+]([O-])c1cc([N+](=O)[O-])c(O)c([N+](=O)[O-])c1.O=[N+]([O-])c1cc([N+](=O)[O-])c(O)c([N+](=O)[O-])c1. The maximum absolute atomic E-state index is 12.0. The number of non-ortho nitro benzene ring substituents is 2. The van der Waals surface area contributed by atoms with Crippen molar-refractivity contribution in [3.8, 4) is 11.5 Å². The fourth-order valence-electron chi connectivity index (χ4n) is 6.55. The van der Waals surface area contributed by atoms with Gasteiger partial charge >= 0.3 is 22.7 Å². The molecule has 0 bridgehead atoms. The third-order valence-corrected chi connectivity index (χ3v) is 9.87. The highest BCUT2D eigenvalue weighted by Gasteiger charge is 2.36. The minimum atomic E-state index is -1.21. The summed E-state index contributed by atoms with van der Waals surface area (Å²) in [6, 6.07) is 33.5. The molecule has 0 aromatic heterocycles. The van der Waals surface area contributed by atoms with Crippen molar-refractivity contribution >= 4 is 40.4 Å². The molecule has 1 heterocycles. The van der Waals surface area contributed by atoms with Crippen molar-refractivity contribution in [3.05, 3.63) is 193 Å². The predicted molar refractivity (Wildman–Crippen MR) is 223 cm³/mol. The summed E-state index contributed by atoms with van der Waals surface area (Å²) in [5.74, 6) is -2.42. The van der Waals surface area contributed by atoms with E-state index in [0.717, 1.165) is 52.1 Å². The molecule has 6 rings (SSSR count). The number of nitro benzene ring substituents is 6. The van der Waals surface area contributed by atoms with Crippen molar-refractivity contribution in [1.82, 2.24) is 9.80 Å². The van der Waals surface area contributed by atoms with Crippen LogP contribution in [0.4, 0.5) is 34.1 Å². The molecule has 1 aliphatic rings. The number of carbonyl (C=O) groups excluding carboxylic acids is 1. The zero-order valence-corrected chi connectivity index (χ0v) is 33.0. The van der Waals surface area contributed by atoms with Gasteiger partial charge in [0.05, 0.1) is 59.2 Å². The fourth-order valence-corrected chi connectivity index (χ4v) is 6.55. The highest BCUT2D eigenvalue weighted by Crippen LogP contribution is 2.40. The van der Waals surface area contributed by atoms with Crippen molar-refractivity contribution in [3.63, 3.8) is 0 Å². The number of aromatic hydroxyl groups is 2. The number of likely N-dealkylation sites (tertiary alicyclic amines) is 1. The Balaban J connectivity index is 0.000000230. The summed E-state index contributed by atoms with van der Waals surface area (Å²) < 4.78 is 0. The first-order chi connectivity index (χ1) is 30.0. The zero-order chi connectivity index (χ0) is 46.3. The van der Waals surface area contributed by atoms with Gasteiger partial charge < -0.3 is 19.9 Å². The van der Waals surface area contributed by atoms with Gasteiger partial charge in [0.25, 0.3) is 22.9 Å². The molecular formula is C40H38N8O15. The lowest BCUT2D eigenvalue weighted by Crippen LogP contribution is -2.45. The van der Waals surface area contributed by atoms with E-state index in [4.69, 9.17) is 10.2 Å². The van der Waals surface area contributed by atoms with E-state index >= 15 is 0 Å². The molecule has 63 heavy (non-hydrogen) atoms. The van der Waals surface area contributed by atoms with Crippen LogP contribution < -0.4 is 0 Å². The number of piperidine rings is 1. The van der Waals surface area contributed by atoms with Gasteiger partial charge in [-0.3, -0.25) is 65.6 Å². The highest BCUT2D eigenvalue weighted by molar-refractivity contribution is 5.69. The van der Waals surface area contributed by atoms with E-state index in [-0.39, 0.29) is 5.41 Å². The number of phenols is 2. The van der Waals surface area contributed by atoms with E-state index in [1.54, 1.807) is 0 Å². The summed E-state index contributed by atoms with van der Waals surface area (Å²) >= 11 is 0. The molecular weight excluding hydrogens is 832 g/mol. The Morgan fingerprint density at radius 1 is 0.540 bits per heavy atom. The molecule has 0 radical (unpaired) electrons. The van der Waals surface area contributed by atoms with Gasteiger partial charge in [0, 0.05) is 26.2 Å². The van der Waals surface area contributed by atoms with Crippen molar-refractivity contribution in [2.45, 2.75) is 31.3 Å². The number of hydrogen-bond donors (Lipinski definition) is 2. The molecule has 0 atom stereocenters. The van der Waals surface area contributed by atoms with Crippen molar-refractivity contribution in [1.29, 1.82) is 0 Å². The van der Waals surface area contributed by atoms with Crippen LogP contribution in [0.5, 0.6) is 11.5 Å². The van der Waals surface area contributed by atoms with Crippen LogP contribution in [0.3, 0.4) is 0 Å². The molecule has 5 aromatic carbocycles. The van der Waals surface area contributed by atoms with Crippen molar-refractivity contribution in [2.24, 2.45) is 0 Å². The maximum atomic E-state index is 12.0. The molecule has 1 saturated heterocycles. The molecule has 2 N–H and O–H groups in total. The van der Waals surface area contributed by atoms with E-state index < -0.39 is 75.2 Å². The number of rotatable bonds is 15. The molecule has 23 nitrogen and oxygen atoms in total. The molecule has 328 valence electrons. The molecule has 23 heteroatoms.